The van der Waals surface area contributed by atoms with Crippen LogP contribution in [0.5, 0.6) is 0 Å². The fourth-order valence-corrected chi connectivity index (χ4v) is 2.24. The molecule has 0 bridgehead atoms. The van der Waals surface area contributed by atoms with Crippen LogP contribution in [-0.4, -0.2) is 47.7 Å². The van der Waals surface area contributed by atoms with E-state index in [0.29, 0.717) is 18.5 Å². The number of carbonyl (C=O) groups excluding carboxylic acids is 2. The number of hydrogen-bond donors (Lipinski definition) is 4. The van der Waals surface area contributed by atoms with Gasteiger partial charge in [0.05, 0.1) is 6.61 Å². The predicted molar refractivity (Wildman–Crippen MR) is 112 cm³/mol. The van der Waals surface area contributed by atoms with Crippen LogP contribution < -0.4 is 10.6 Å². The van der Waals surface area contributed by atoms with Crippen molar-refractivity contribution in [3.8, 4) is 0 Å². The molecule has 0 saturated heterocycles. The van der Waals surface area contributed by atoms with E-state index >= 15 is 0 Å². The third-order valence-electron chi connectivity index (χ3n) is 3.84. The number of amides is 2. The number of nitrogens with one attached hydrogen (secondary N) is 2. The van der Waals surface area contributed by atoms with Crippen LogP contribution in [0.1, 0.15) is 71.1 Å². The van der Waals surface area contributed by atoms with Crippen molar-refractivity contribution in [2.24, 2.45) is 0 Å². The Balaban J connectivity index is 0. The quantitative estimate of drug-likeness (QED) is 0.236. The fourth-order valence-electron chi connectivity index (χ4n) is 2.24. The molecule has 0 aliphatic heterocycles. The van der Waals surface area contributed by atoms with Gasteiger partial charge >= 0.3 is 5.97 Å². The van der Waals surface area contributed by atoms with Crippen LogP contribution in [0, 0.1) is 0 Å². The van der Waals surface area contributed by atoms with Crippen molar-refractivity contribution in [2.45, 2.75) is 71.1 Å². The molecule has 0 atom stereocenters. The third kappa shape index (κ3) is 23.9. The second kappa shape index (κ2) is 21.2. The number of rotatable bonds is 16. The zero-order chi connectivity index (χ0) is 21.6. The van der Waals surface area contributed by atoms with Crippen molar-refractivity contribution >= 4 is 17.8 Å². The van der Waals surface area contributed by atoms with Gasteiger partial charge in [-0.3, -0.25) is 14.4 Å². The van der Waals surface area contributed by atoms with E-state index in [0.717, 1.165) is 44.7 Å². The molecular formula is C21H38N2O5. The molecule has 0 rings (SSSR count). The Bertz CT molecular complexity index is 464. The summed E-state index contributed by atoms with van der Waals surface area (Å²) in [5.74, 6) is -0.992. The molecule has 0 aromatic heterocycles. The maximum Gasteiger partial charge on any atom is 0.303 e. The second-order valence-electron chi connectivity index (χ2n) is 6.58. The second-order valence-corrected chi connectivity index (χ2v) is 6.58. The lowest BCUT2D eigenvalue weighted by atomic mass is 10.1. The molecule has 162 valence electrons. The minimum absolute atomic E-state index is 0.0282. The average molecular weight is 399 g/mol. The summed E-state index contributed by atoms with van der Waals surface area (Å²) in [4.78, 5) is 31.7. The Morgan fingerprint density at radius 2 is 1.36 bits per heavy atom. The van der Waals surface area contributed by atoms with Crippen molar-refractivity contribution in [1.29, 1.82) is 0 Å². The smallest absolute Gasteiger partial charge is 0.303 e. The molecule has 0 heterocycles. The molecule has 0 aliphatic carbocycles. The summed E-state index contributed by atoms with van der Waals surface area (Å²) in [6, 6.07) is 0. The third-order valence-corrected chi connectivity index (χ3v) is 3.84. The average Bonchev–Trinajstić information content (AvgIpc) is 2.66. The highest BCUT2D eigenvalue weighted by Gasteiger charge is 1.99. The Morgan fingerprint density at radius 1 is 0.857 bits per heavy atom. The van der Waals surface area contributed by atoms with Crippen LogP contribution in [0.2, 0.25) is 0 Å². The van der Waals surface area contributed by atoms with Crippen molar-refractivity contribution in [3.05, 3.63) is 24.8 Å². The Morgan fingerprint density at radius 3 is 1.79 bits per heavy atom. The van der Waals surface area contributed by atoms with Gasteiger partial charge < -0.3 is 20.8 Å². The van der Waals surface area contributed by atoms with Gasteiger partial charge in [0.25, 0.3) is 0 Å². The van der Waals surface area contributed by atoms with Crippen LogP contribution in [0.4, 0.5) is 0 Å². The van der Waals surface area contributed by atoms with Crippen LogP contribution in [0.25, 0.3) is 0 Å². The van der Waals surface area contributed by atoms with E-state index in [1.807, 2.05) is 0 Å². The van der Waals surface area contributed by atoms with Gasteiger partial charge in [0.15, 0.2) is 0 Å². The van der Waals surface area contributed by atoms with Gasteiger partial charge in [0.1, 0.15) is 0 Å². The molecule has 0 aromatic carbocycles. The van der Waals surface area contributed by atoms with Crippen LogP contribution in [0.3, 0.4) is 0 Å². The molecule has 0 fully saturated rings. The van der Waals surface area contributed by atoms with Gasteiger partial charge in [0.2, 0.25) is 11.8 Å². The predicted octanol–water partition coefficient (Wildman–Crippen LogP) is 2.95. The molecule has 0 aliphatic rings. The lowest BCUT2D eigenvalue weighted by Gasteiger charge is -2.04. The molecule has 0 unspecified atom stereocenters. The van der Waals surface area contributed by atoms with Gasteiger partial charge in [-0.15, -0.1) is 0 Å². The van der Waals surface area contributed by atoms with Crippen molar-refractivity contribution in [2.75, 3.05) is 19.7 Å². The van der Waals surface area contributed by atoms with E-state index in [2.05, 4.69) is 23.8 Å². The van der Waals surface area contributed by atoms with Crippen LogP contribution in [-0.2, 0) is 14.4 Å². The summed E-state index contributed by atoms with van der Waals surface area (Å²) in [6.07, 6.45) is 11.5. The Hall–Kier alpha value is -2.15. The number of aliphatic hydroxyl groups is 1. The molecule has 4 N–H and O–H groups in total. The zero-order valence-corrected chi connectivity index (χ0v) is 17.3. The van der Waals surface area contributed by atoms with Gasteiger partial charge in [-0.05, 0) is 25.8 Å². The number of aliphatic hydroxyl groups excluding tert-OH is 1. The maximum absolute atomic E-state index is 11.2. The monoisotopic (exact) mass is 398 g/mol. The molecule has 7 nitrogen and oxygen atoms in total. The first-order chi connectivity index (χ1) is 13.3. The van der Waals surface area contributed by atoms with Crippen molar-refractivity contribution < 1.29 is 24.6 Å². The fraction of sp³-hybridized carbons (Fsp3) is 0.667. The highest BCUT2D eigenvalue weighted by atomic mass is 16.4. The minimum atomic E-state index is -0.691. The van der Waals surface area contributed by atoms with Gasteiger partial charge in [-0.1, -0.05) is 58.1 Å². The zero-order valence-electron chi connectivity index (χ0n) is 17.3. The van der Waals surface area contributed by atoms with Gasteiger partial charge in [0, 0.05) is 25.1 Å². The molecular weight excluding hydrogens is 360 g/mol. The molecule has 0 aromatic rings. The molecule has 0 saturated carbocycles. The summed E-state index contributed by atoms with van der Waals surface area (Å²) in [5, 5.41) is 21.9. The normalized spacial score (nSPS) is 9.64. The maximum atomic E-state index is 11.2. The largest absolute Gasteiger partial charge is 0.481 e. The molecule has 28 heavy (non-hydrogen) atoms. The number of carboxylic acids is 1. The topological polar surface area (TPSA) is 116 Å². The first-order valence-corrected chi connectivity index (χ1v) is 10.0. The Labute approximate surface area is 169 Å². The summed E-state index contributed by atoms with van der Waals surface area (Å²) < 4.78 is 0. The first-order valence-electron chi connectivity index (χ1n) is 10.0. The number of carbonyl (C=O) groups is 3. The Kier molecular flexibility index (Phi) is 21.2. The van der Waals surface area contributed by atoms with Gasteiger partial charge in [-0.2, -0.15) is 0 Å². The highest BCUT2D eigenvalue weighted by molar-refractivity contribution is 5.92. The van der Waals surface area contributed by atoms with E-state index in [1.54, 1.807) is 6.92 Å². The highest BCUT2D eigenvalue weighted by Crippen LogP contribution is 2.10. The minimum Gasteiger partial charge on any atom is -0.481 e. The summed E-state index contributed by atoms with van der Waals surface area (Å²) >= 11 is 0. The van der Waals surface area contributed by atoms with Crippen LogP contribution >= 0.6 is 0 Å². The van der Waals surface area contributed by atoms with Crippen molar-refractivity contribution in [3.63, 3.8) is 0 Å². The summed E-state index contributed by atoms with van der Waals surface area (Å²) in [6.45, 7) is 9.53. The van der Waals surface area contributed by atoms with Crippen LogP contribution in [0.15, 0.2) is 24.8 Å². The number of hydrogen-bond acceptors (Lipinski definition) is 4. The lowest BCUT2D eigenvalue weighted by Crippen LogP contribution is -2.24. The molecule has 0 spiro atoms. The SMILES string of the molecule is C=C(C)C(=O)NCCCCCCCCCCCC(=O)O.C=CC(=O)NCCO. The molecule has 0 radical (unpaired) electrons. The number of unbranched alkanes of at least 4 members (excludes halogenated alkanes) is 8. The standard InChI is InChI=1S/C16H29NO3.C5H9NO2/c1-14(2)16(20)17-13-11-9-7-5-3-4-6-8-10-12-15(18)19;1-2-5(8)6-3-4-7/h1,3-13H2,2H3,(H,17,20)(H,18,19);2,7H,1,3-4H2,(H,6,8). The summed E-state index contributed by atoms with van der Waals surface area (Å²) in [5.41, 5.74) is 0.563. The summed E-state index contributed by atoms with van der Waals surface area (Å²) in [7, 11) is 0. The van der Waals surface area contributed by atoms with E-state index in [9.17, 15) is 14.4 Å². The molecule has 7 heteroatoms. The van der Waals surface area contributed by atoms with E-state index < -0.39 is 5.97 Å². The first kappa shape index (κ1) is 28.1. The van der Waals surface area contributed by atoms with Crippen molar-refractivity contribution in [1.82, 2.24) is 10.6 Å². The molecule has 2 amide bonds. The number of carboxylic acid groups (broad SMARTS) is 1. The van der Waals surface area contributed by atoms with E-state index in [4.69, 9.17) is 10.2 Å². The van der Waals surface area contributed by atoms with Gasteiger partial charge in [-0.25, -0.2) is 0 Å². The number of aliphatic carboxylic acids is 1. The lowest BCUT2D eigenvalue weighted by molar-refractivity contribution is -0.137. The van der Waals surface area contributed by atoms with E-state index in [1.165, 1.54) is 25.7 Å². The van der Waals surface area contributed by atoms with E-state index in [-0.39, 0.29) is 18.4 Å².